The molecule has 108 valence electrons. The molecule has 2 aromatic rings. The van der Waals surface area contributed by atoms with E-state index in [9.17, 15) is 0 Å². The van der Waals surface area contributed by atoms with E-state index in [-0.39, 0.29) is 0 Å². The standard InChI is InChI=1S/C16H23N3O/c1-11(2)8-9-14-15(16(17)19(3)18-14)12-6-5-7-13(10-12)20-4/h5-7,10-11H,8-9,17H2,1-4H3. The van der Waals surface area contributed by atoms with Gasteiger partial charge in [0.2, 0.25) is 0 Å². The van der Waals surface area contributed by atoms with E-state index < -0.39 is 0 Å². The van der Waals surface area contributed by atoms with E-state index in [0.29, 0.717) is 11.7 Å². The molecule has 4 heteroatoms. The molecule has 1 aromatic heterocycles. The summed E-state index contributed by atoms with van der Waals surface area (Å²) in [5.74, 6) is 2.19. The average molecular weight is 273 g/mol. The quantitative estimate of drug-likeness (QED) is 0.909. The molecule has 0 unspecified atom stereocenters. The van der Waals surface area contributed by atoms with Crippen LogP contribution in [0.3, 0.4) is 0 Å². The zero-order valence-corrected chi connectivity index (χ0v) is 12.7. The second-order valence-corrected chi connectivity index (χ2v) is 5.50. The molecule has 2 rings (SSSR count). The monoisotopic (exact) mass is 273 g/mol. The molecule has 0 fully saturated rings. The normalized spacial score (nSPS) is 11.1. The third kappa shape index (κ3) is 2.95. The molecule has 0 spiro atoms. The van der Waals surface area contributed by atoms with Gasteiger partial charge in [0.05, 0.1) is 12.8 Å². The van der Waals surface area contributed by atoms with Crippen LogP contribution in [0.4, 0.5) is 5.82 Å². The lowest BCUT2D eigenvalue weighted by atomic mass is 9.99. The van der Waals surface area contributed by atoms with E-state index in [0.717, 1.165) is 35.4 Å². The van der Waals surface area contributed by atoms with Gasteiger partial charge in [0.1, 0.15) is 11.6 Å². The summed E-state index contributed by atoms with van der Waals surface area (Å²) in [6, 6.07) is 7.97. The number of aryl methyl sites for hydroxylation is 2. The maximum atomic E-state index is 6.19. The number of benzene rings is 1. The Balaban J connectivity index is 2.43. The molecule has 1 aromatic carbocycles. The Kier molecular flexibility index (Phi) is 4.32. The smallest absolute Gasteiger partial charge is 0.129 e. The van der Waals surface area contributed by atoms with Crippen LogP contribution in [-0.4, -0.2) is 16.9 Å². The van der Waals surface area contributed by atoms with E-state index in [1.165, 1.54) is 0 Å². The molecule has 0 saturated heterocycles. The fraction of sp³-hybridized carbons (Fsp3) is 0.438. The van der Waals surface area contributed by atoms with Crippen LogP contribution in [0, 0.1) is 5.92 Å². The third-order valence-corrected chi connectivity index (χ3v) is 3.48. The van der Waals surface area contributed by atoms with Gasteiger partial charge in [-0.2, -0.15) is 5.10 Å². The lowest BCUT2D eigenvalue weighted by Crippen LogP contribution is -1.98. The zero-order valence-electron chi connectivity index (χ0n) is 12.7. The van der Waals surface area contributed by atoms with Gasteiger partial charge in [-0.1, -0.05) is 26.0 Å². The molecule has 0 aliphatic rings. The molecule has 0 aliphatic heterocycles. The summed E-state index contributed by atoms with van der Waals surface area (Å²) >= 11 is 0. The number of methoxy groups -OCH3 is 1. The van der Waals surface area contributed by atoms with Crippen LogP contribution in [0.1, 0.15) is 26.0 Å². The van der Waals surface area contributed by atoms with Gasteiger partial charge in [0, 0.05) is 12.6 Å². The van der Waals surface area contributed by atoms with Gasteiger partial charge in [-0.15, -0.1) is 0 Å². The van der Waals surface area contributed by atoms with E-state index in [4.69, 9.17) is 10.5 Å². The molecule has 0 aliphatic carbocycles. The molecule has 0 saturated carbocycles. The number of ether oxygens (including phenoxy) is 1. The van der Waals surface area contributed by atoms with Crippen molar-refractivity contribution in [1.82, 2.24) is 9.78 Å². The fourth-order valence-electron chi connectivity index (χ4n) is 2.29. The van der Waals surface area contributed by atoms with Gasteiger partial charge in [-0.05, 0) is 36.5 Å². The summed E-state index contributed by atoms with van der Waals surface area (Å²) in [4.78, 5) is 0. The molecule has 1 heterocycles. The molecule has 0 atom stereocenters. The van der Waals surface area contributed by atoms with Crippen LogP contribution in [-0.2, 0) is 13.5 Å². The Hall–Kier alpha value is -1.97. The Bertz CT molecular complexity index is 587. The number of aromatic nitrogens is 2. The van der Waals surface area contributed by atoms with Gasteiger partial charge in [-0.25, -0.2) is 0 Å². The molecule has 20 heavy (non-hydrogen) atoms. The van der Waals surface area contributed by atoms with Crippen molar-refractivity contribution in [3.63, 3.8) is 0 Å². The van der Waals surface area contributed by atoms with E-state index in [1.807, 2.05) is 25.2 Å². The van der Waals surface area contributed by atoms with Crippen molar-refractivity contribution < 1.29 is 4.74 Å². The molecule has 0 bridgehead atoms. The van der Waals surface area contributed by atoms with Crippen molar-refractivity contribution in [2.24, 2.45) is 13.0 Å². The van der Waals surface area contributed by atoms with Crippen LogP contribution >= 0.6 is 0 Å². The number of nitrogens with two attached hydrogens (primary N) is 1. The van der Waals surface area contributed by atoms with Crippen LogP contribution in [0.2, 0.25) is 0 Å². The first kappa shape index (κ1) is 14.4. The third-order valence-electron chi connectivity index (χ3n) is 3.48. The largest absolute Gasteiger partial charge is 0.497 e. The lowest BCUT2D eigenvalue weighted by Gasteiger charge is -2.07. The number of anilines is 1. The highest BCUT2D eigenvalue weighted by molar-refractivity contribution is 5.77. The van der Waals surface area contributed by atoms with Crippen molar-refractivity contribution in [2.45, 2.75) is 26.7 Å². The van der Waals surface area contributed by atoms with Gasteiger partial charge >= 0.3 is 0 Å². The summed E-state index contributed by atoms with van der Waals surface area (Å²) in [6.07, 6.45) is 2.04. The maximum absolute atomic E-state index is 6.19. The Morgan fingerprint density at radius 1 is 1.35 bits per heavy atom. The predicted molar refractivity (Wildman–Crippen MR) is 82.8 cm³/mol. The summed E-state index contributed by atoms with van der Waals surface area (Å²) in [6.45, 7) is 4.44. The minimum Gasteiger partial charge on any atom is -0.497 e. The summed E-state index contributed by atoms with van der Waals surface area (Å²) in [5.41, 5.74) is 9.35. The van der Waals surface area contributed by atoms with E-state index in [1.54, 1.807) is 11.8 Å². The molecule has 4 nitrogen and oxygen atoms in total. The van der Waals surface area contributed by atoms with Crippen LogP contribution in [0.25, 0.3) is 11.1 Å². The summed E-state index contributed by atoms with van der Waals surface area (Å²) in [5, 5.41) is 4.56. The number of nitrogen functional groups attached to an aromatic ring is 1. The van der Waals surface area contributed by atoms with Crippen molar-refractivity contribution in [3.05, 3.63) is 30.0 Å². The SMILES string of the molecule is COc1cccc(-c2c(CCC(C)C)nn(C)c2N)c1. The van der Waals surface area contributed by atoms with Crippen LogP contribution in [0.15, 0.2) is 24.3 Å². The summed E-state index contributed by atoms with van der Waals surface area (Å²) < 4.78 is 7.05. The Labute approximate surface area is 120 Å². The van der Waals surface area contributed by atoms with Crippen molar-refractivity contribution >= 4 is 5.82 Å². The highest BCUT2D eigenvalue weighted by atomic mass is 16.5. The van der Waals surface area contributed by atoms with Crippen LogP contribution in [0.5, 0.6) is 5.75 Å². The van der Waals surface area contributed by atoms with Crippen LogP contribution < -0.4 is 10.5 Å². The predicted octanol–water partition coefficient (Wildman–Crippen LogP) is 3.27. The number of hydrogen-bond donors (Lipinski definition) is 1. The van der Waals surface area contributed by atoms with Crippen molar-refractivity contribution in [2.75, 3.05) is 12.8 Å². The first-order valence-electron chi connectivity index (χ1n) is 6.98. The first-order chi connectivity index (χ1) is 9.52. The minimum atomic E-state index is 0.649. The maximum Gasteiger partial charge on any atom is 0.129 e. The molecular formula is C16H23N3O. The van der Waals surface area contributed by atoms with Gasteiger partial charge in [0.15, 0.2) is 0 Å². The molecule has 2 N–H and O–H groups in total. The zero-order chi connectivity index (χ0) is 14.7. The van der Waals surface area contributed by atoms with Gasteiger partial charge in [-0.3, -0.25) is 4.68 Å². The van der Waals surface area contributed by atoms with Crippen molar-refractivity contribution in [3.8, 4) is 16.9 Å². The minimum absolute atomic E-state index is 0.649. The van der Waals surface area contributed by atoms with E-state index in [2.05, 4.69) is 25.0 Å². The number of rotatable bonds is 5. The molecular weight excluding hydrogens is 250 g/mol. The Morgan fingerprint density at radius 3 is 2.75 bits per heavy atom. The second-order valence-electron chi connectivity index (χ2n) is 5.50. The number of hydrogen-bond acceptors (Lipinski definition) is 3. The average Bonchev–Trinajstić information content (AvgIpc) is 2.72. The summed E-state index contributed by atoms with van der Waals surface area (Å²) in [7, 11) is 3.56. The molecule has 0 amide bonds. The fourth-order valence-corrected chi connectivity index (χ4v) is 2.29. The topological polar surface area (TPSA) is 53.1 Å². The van der Waals surface area contributed by atoms with E-state index >= 15 is 0 Å². The highest BCUT2D eigenvalue weighted by Crippen LogP contribution is 2.32. The Morgan fingerprint density at radius 2 is 2.10 bits per heavy atom. The first-order valence-corrected chi connectivity index (χ1v) is 6.98. The van der Waals surface area contributed by atoms with Gasteiger partial charge in [0.25, 0.3) is 0 Å². The second kappa shape index (κ2) is 5.99. The number of nitrogens with zero attached hydrogens (tertiary/aromatic N) is 2. The lowest BCUT2D eigenvalue weighted by molar-refractivity contribution is 0.415. The van der Waals surface area contributed by atoms with Crippen molar-refractivity contribution in [1.29, 1.82) is 0 Å². The molecule has 0 radical (unpaired) electrons. The van der Waals surface area contributed by atoms with Gasteiger partial charge < -0.3 is 10.5 Å². The highest BCUT2D eigenvalue weighted by Gasteiger charge is 2.16.